The second kappa shape index (κ2) is 7.07. The molecule has 1 aliphatic heterocycles. The molecule has 140 valence electrons. The number of amides is 2. The molecule has 3 heterocycles. The van der Waals surface area contributed by atoms with E-state index in [1.165, 1.54) is 11.3 Å². The number of para-hydroxylation sites is 1. The molecule has 1 atom stereocenters. The quantitative estimate of drug-likeness (QED) is 0.704. The zero-order valence-electron chi connectivity index (χ0n) is 15.1. The molecular weight excluding hydrogens is 364 g/mol. The Labute approximate surface area is 160 Å². The second-order valence-corrected chi connectivity index (χ2v) is 8.15. The summed E-state index contributed by atoms with van der Waals surface area (Å²) in [5.74, 6) is 0.292. The third-order valence-corrected chi connectivity index (χ3v) is 5.34. The predicted octanol–water partition coefficient (Wildman–Crippen LogP) is 2.60. The molecule has 1 aromatic carbocycles. The van der Waals surface area contributed by atoms with Crippen LogP contribution in [-0.4, -0.2) is 38.8 Å². The molecule has 3 aromatic rings. The van der Waals surface area contributed by atoms with Gasteiger partial charge >= 0.3 is 0 Å². The number of H-pyrrole nitrogens is 1. The molecule has 0 unspecified atom stereocenters. The topological polar surface area (TPSA) is 104 Å². The van der Waals surface area contributed by atoms with E-state index in [-0.39, 0.29) is 18.2 Å². The molecule has 27 heavy (non-hydrogen) atoms. The maximum absolute atomic E-state index is 12.6. The maximum Gasteiger partial charge on any atom is 0.231 e. The van der Waals surface area contributed by atoms with E-state index >= 15 is 0 Å². The lowest BCUT2D eigenvalue weighted by molar-refractivity contribution is -0.122. The highest BCUT2D eigenvalue weighted by Crippen LogP contribution is 2.30. The number of hydrogen-bond donors (Lipinski definition) is 2. The summed E-state index contributed by atoms with van der Waals surface area (Å²) in [5.41, 5.74) is 0.861. The molecular formula is C18H20N6O2S. The number of fused-ring (bicyclic) bond motifs is 1. The zero-order valence-corrected chi connectivity index (χ0v) is 15.9. The minimum absolute atomic E-state index is 0.106. The lowest BCUT2D eigenvalue weighted by Gasteiger charge is -2.13. The Morgan fingerprint density at radius 1 is 1.37 bits per heavy atom. The Morgan fingerprint density at radius 2 is 2.19 bits per heavy atom. The van der Waals surface area contributed by atoms with Crippen molar-refractivity contribution in [3.8, 4) is 0 Å². The van der Waals surface area contributed by atoms with E-state index in [2.05, 4.69) is 39.6 Å². The van der Waals surface area contributed by atoms with Gasteiger partial charge in [-0.1, -0.05) is 37.3 Å². The number of anilines is 2. The summed E-state index contributed by atoms with van der Waals surface area (Å²) in [6, 6.07) is 7.62. The molecule has 8 nitrogen and oxygen atoms in total. The van der Waals surface area contributed by atoms with Crippen LogP contribution in [0, 0.1) is 11.8 Å². The highest BCUT2D eigenvalue weighted by atomic mass is 32.1. The van der Waals surface area contributed by atoms with Gasteiger partial charge in [0.1, 0.15) is 5.01 Å². The normalized spacial score (nSPS) is 17.2. The van der Waals surface area contributed by atoms with Crippen molar-refractivity contribution in [3.05, 3.63) is 29.3 Å². The first-order chi connectivity index (χ1) is 13.0. The number of benzene rings is 1. The zero-order chi connectivity index (χ0) is 19.0. The average Bonchev–Trinajstić information content (AvgIpc) is 3.33. The maximum atomic E-state index is 12.6. The number of aromatic nitrogens is 4. The van der Waals surface area contributed by atoms with Crippen LogP contribution in [0.2, 0.25) is 0 Å². The van der Waals surface area contributed by atoms with Gasteiger partial charge in [0, 0.05) is 24.8 Å². The SMILES string of the molecule is CC(C)Cc1nnc(NC(=O)[C@@H]2CC(=O)N(c3n[nH]c4ccccc34)C2)s1. The van der Waals surface area contributed by atoms with Crippen molar-refractivity contribution in [2.24, 2.45) is 11.8 Å². The van der Waals surface area contributed by atoms with Gasteiger partial charge in [0.25, 0.3) is 0 Å². The smallest absolute Gasteiger partial charge is 0.231 e. The van der Waals surface area contributed by atoms with Crippen molar-refractivity contribution >= 4 is 45.0 Å². The van der Waals surface area contributed by atoms with E-state index in [1.54, 1.807) is 4.90 Å². The number of rotatable bonds is 5. The molecule has 2 aromatic heterocycles. The van der Waals surface area contributed by atoms with Gasteiger partial charge in [0.2, 0.25) is 16.9 Å². The van der Waals surface area contributed by atoms with E-state index < -0.39 is 5.92 Å². The van der Waals surface area contributed by atoms with Gasteiger partial charge in [-0.25, -0.2) is 0 Å². The highest BCUT2D eigenvalue weighted by Gasteiger charge is 2.37. The molecule has 2 amide bonds. The number of aromatic amines is 1. The van der Waals surface area contributed by atoms with Crippen molar-refractivity contribution in [1.82, 2.24) is 20.4 Å². The molecule has 0 bridgehead atoms. The largest absolute Gasteiger partial charge is 0.300 e. The van der Waals surface area contributed by atoms with Crippen LogP contribution >= 0.6 is 11.3 Å². The Balaban J connectivity index is 1.45. The lowest BCUT2D eigenvalue weighted by atomic mass is 10.1. The fourth-order valence-corrected chi connectivity index (χ4v) is 4.14. The van der Waals surface area contributed by atoms with Crippen LogP contribution in [-0.2, 0) is 16.0 Å². The summed E-state index contributed by atoms with van der Waals surface area (Å²) in [6.07, 6.45) is 0.986. The van der Waals surface area contributed by atoms with Crippen LogP contribution in [0.25, 0.3) is 10.9 Å². The number of carbonyl (C=O) groups excluding carboxylic acids is 2. The first-order valence-electron chi connectivity index (χ1n) is 8.88. The van der Waals surface area contributed by atoms with Crippen LogP contribution in [0.4, 0.5) is 10.9 Å². The van der Waals surface area contributed by atoms with Gasteiger partial charge in [-0.15, -0.1) is 10.2 Å². The van der Waals surface area contributed by atoms with Crippen LogP contribution in [0.3, 0.4) is 0 Å². The van der Waals surface area contributed by atoms with Gasteiger partial charge in [-0.3, -0.25) is 19.6 Å². The second-order valence-electron chi connectivity index (χ2n) is 7.09. The van der Waals surface area contributed by atoms with Crippen molar-refractivity contribution in [3.63, 3.8) is 0 Å². The molecule has 9 heteroatoms. The highest BCUT2D eigenvalue weighted by molar-refractivity contribution is 7.15. The Hall–Kier alpha value is -2.81. The van der Waals surface area contributed by atoms with Crippen LogP contribution in [0.1, 0.15) is 25.3 Å². The fourth-order valence-electron chi connectivity index (χ4n) is 3.19. The molecule has 0 saturated carbocycles. The van der Waals surface area contributed by atoms with Crippen molar-refractivity contribution in [1.29, 1.82) is 0 Å². The molecule has 0 aliphatic carbocycles. The monoisotopic (exact) mass is 384 g/mol. The molecule has 1 saturated heterocycles. The molecule has 1 fully saturated rings. The summed E-state index contributed by atoms with van der Waals surface area (Å²) < 4.78 is 0. The van der Waals surface area contributed by atoms with E-state index in [1.807, 2.05) is 24.3 Å². The average molecular weight is 384 g/mol. The van der Waals surface area contributed by atoms with Crippen molar-refractivity contribution < 1.29 is 9.59 Å². The number of carbonyl (C=O) groups is 2. The molecule has 4 rings (SSSR count). The summed E-state index contributed by atoms with van der Waals surface area (Å²) in [6.45, 7) is 4.52. The lowest BCUT2D eigenvalue weighted by Crippen LogP contribution is -2.28. The Morgan fingerprint density at radius 3 is 3.00 bits per heavy atom. The molecule has 2 N–H and O–H groups in total. The molecule has 1 aliphatic rings. The first kappa shape index (κ1) is 17.6. The molecule has 0 spiro atoms. The van der Waals surface area contributed by atoms with Crippen molar-refractivity contribution in [2.75, 3.05) is 16.8 Å². The van der Waals surface area contributed by atoms with Crippen LogP contribution in [0.15, 0.2) is 24.3 Å². The van der Waals surface area contributed by atoms with Gasteiger partial charge in [0.05, 0.1) is 11.4 Å². The van der Waals surface area contributed by atoms with Gasteiger partial charge in [-0.05, 0) is 18.1 Å². The standard InChI is InChI=1S/C18H20N6O2S/c1-10(2)7-14-21-23-18(27-14)19-17(26)11-8-15(25)24(9-11)16-12-5-3-4-6-13(12)20-22-16/h3-6,10-11H,7-9H2,1-2H3,(H,20,22)(H,19,23,26)/t11-/m1/s1. The number of hydrogen-bond acceptors (Lipinski definition) is 6. The Bertz CT molecular complexity index is 995. The Kier molecular flexibility index (Phi) is 4.61. The van der Waals surface area contributed by atoms with E-state index in [4.69, 9.17) is 0 Å². The van der Waals surface area contributed by atoms with Crippen LogP contribution in [0.5, 0.6) is 0 Å². The first-order valence-corrected chi connectivity index (χ1v) is 9.69. The van der Waals surface area contributed by atoms with Crippen molar-refractivity contribution in [2.45, 2.75) is 26.7 Å². The summed E-state index contributed by atoms with van der Waals surface area (Å²) in [5, 5.41) is 20.4. The summed E-state index contributed by atoms with van der Waals surface area (Å²) in [4.78, 5) is 26.6. The third kappa shape index (κ3) is 3.55. The van der Waals surface area contributed by atoms with E-state index in [0.717, 1.165) is 22.3 Å². The third-order valence-electron chi connectivity index (χ3n) is 4.48. The van der Waals surface area contributed by atoms with Gasteiger partial charge < -0.3 is 5.32 Å². The van der Waals surface area contributed by atoms with Crippen LogP contribution < -0.4 is 10.2 Å². The van der Waals surface area contributed by atoms with E-state index in [9.17, 15) is 9.59 Å². The fraction of sp³-hybridized carbons (Fsp3) is 0.389. The van der Waals surface area contributed by atoms with E-state index in [0.29, 0.717) is 23.4 Å². The van der Waals surface area contributed by atoms with Gasteiger partial charge in [-0.2, -0.15) is 5.10 Å². The number of nitrogens with zero attached hydrogens (tertiary/aromatic N) is 4. The predicted molar refractivity (Wildman–Crippen MR) is 104 cm³/mol. The minimum atomic E-state index is -0.439. The van der Waals surface area contributed by atoms with Gasteiger partial charge in [0.15, 0.2) is 5.82 Å². The summed E-state index contributed by atoms with van der Waals surface area (Å²) in [7, 11) is 0. The summed E-state index contributed by atoms with van der Waals surface area (Å²) >= 11 is 1.38. The molecule has 0 radical (unpaired) electrons. The number of nitrogens with one attached hydrogen (secondary N) is 2. The minimum Gasteiger partial charge on any atom is -0.300 e.